The molecule has 0 saturated heterocycles. The first-order valence-electron chi connectivity index (χ1n) is 12.2. The zero-order chi connectivity index (χ0) is 22.2. The van der Waals surface area contributed by atoms with E-state index in [1.807, 2.05) is 0 Å². The summed E-state index contributed by atoms with van der Waals surface area (Å²) in [5, 5.41) is 0. The van der Waals surface area contributed by atoms with Gasteiger partial charge in [-0.2, -0.15) is 0 Å². The molecule has 1 aromatic rings. The Morgan fingerprint density at radius 3 is 2.23 bits per heavy atom. The molecule has 3 nitrogen and oxygen atoms in total. The summed E-state index contributed by atoms with van der Waals surface area (Å²) in [6, 6.07) is 10.9. The van der Waals surface area contributed by atoms with Crippen LogP contribution in [0.25, 0.3) is 0 Å². The largest absolute Gasteiger partial charge is 0.370 e. The zero-order valence-electron chi connectivity index (χ0n) is 20.0. The third-order valence-electron chi connectivity index (χ3n) is 7.19. The van der Waals surface area contributed by atoms with Gasteiger partial charge >= 0.3 is 0 Å². The highest BCUT2D eigenvalue weighted by atomic mass is 16.1. The van der Waals surface area contributed by atoms with E-state index in [4.69, 9.17) is 11.5 Å². The summed E-state index contributed by atoms with van der Waals surface area (Å²) >= 11 is 0. The number of rotatable bonds is 6. The molecule has 0 spiro atoms. The van der Waals surface area contributed by atoms with Crippen molar-refractivity contribution in [3.05, 3.63) is 35.9 Å². The van der Waals surface area contributed by atoms with Gasteiger partial charge in [-0.3, -0.25) is 4.79 Å². The van der Waals surface area contributed by atoms with E-state index in [0.29, 0.717) is 23.7 Å². The molecule has 2 aliphatic carbocycles. The summed E-state index contributed by atoms with van der Waals surface area (Å²) in [5.41, 5.74) is 12.9. The van der Waals surface area contributed by atoms with Crippen molar-refractivity contribution in [2.75, 3.05) is 6.54 Å². The number of carbonyl (C=O) groups excluding carboxylic acids is 1. The maximum Gasteiger partial charge on any atom is 0.217 e. The van der Waals surface area contributed by atoms with Gasteiger partial charge in [0.2, 0.25) is 5.91 Å². The third-order valence-corrected chi connectivity index (χ3v) is 7.19. The van der Waals surface area contributed by atoms with Gasteiger partial charge in [0.25, 0.3) is 0 Å². The molecule has 4 N–H and O–H groups in total. The van der Waals surface area contributed by atoms with Crippen LogP contribution in [0.2, 0.25) is 0 Å². The molecule has 2 saturated carbocycles. The molecule has 0 aliphatic heterocycles. The molecule has 0 aromatic heterocycles. The maximum absolute atomic E-state index is 11.3. The topological polar surface area (TPSA) is 69.1 Å². The Morgan fingerprint density at radius 1 is 1.10 bits per heavy atom. The SMILES string of the molecule is CC(CC(N)=O)CC1(c2ccccc2)CC(C)CC(C)(C)C1.NCC1CCCCC1. The standard InChI is InChI=1S/C20H31NO.C7H15N/c1-15(10-18(21)22)12-20(17-8-6-5-7-9-17)13-16(2)11-19(3,4)14-20;8-6-7-4-2-1-3-5-7/h5-9,15-16H,10-14H2,1-4H3,(H2,21,22);7H,1-6,8H2. The first-order valence-corrected chi connectivity index (χ1v) is 12.2. The van der Waals surface area contributed by atoms with Crippen LogP contribution in [0.15, 0.2) is 30.3 Å². The number of nitrogens with two attached hydrogens (primary N) is 2. The van der Waals surface area contributed by atoms with Gasteiger partial charge in [0, 0.05) is 6.42 Å². The number of benzene rings is 1. The van der Waals surface area contributed by atoms with Crippen molar-refractivity contribution in [1.29, 1.82) is 0 Å². The Bertz CT molecular complexity index is 636. The zero-order valence-corrected chi connectivity index (χ0v) is 20.0. The second kappa shape index (κ2) is 11.3. The summed E-state index contributed by atoms with van der Waals surface area (Å²) in [7, 11) is 0. The predicted molar refractivity (Wildman–Crippen MR) is 128 cm³/mol. The Balaban J connectivity index is 0.000000335. The van der Waals surface area contributed by atoms with Gasteiger partial charge in [0.05, 0.1) is 0 Å². The minimum Gasteiger partial charge on any atom is -0.370 e. The predicted octanol–water partition coefficient (Wildman–Crippen LogP) is 6.20. The molecule has 0 heterocycles. The van der Waals surface area contributed by atoms with Crippen LogP contribution >= 0.6 is 0 Å². The molecule has 3 rings (SSSR count). The van der Waals surface area contributed by atoms with E-state index in [0.717, 1.165) is 18.9 Å². The van der Waals surface area contributed by atoms with Crippen molar-refractivity contribution < 1.29 is 4.79 Å². The first kappa shape index (κ1) is 24.9. The van der Waals surface area contributed by atoms with Crippen molar-refractivity contribution in [3.63, 3.8) is 0 Å². The van der Waals surface area contributed by atoms with Crippen LogP contribution in [0.4, 0.5) is 0 Å². The molecule has 3 atom stereocenters. The first-order chi connectivity index (χ1) is 14.2. The van der Waals surface area contributed by atoms with Gasteiger partial charge in [-0.05, 0) is 79.2 Å². The molecular weight excluding hydrogens is 368 g/mol. The third kappa shape index (κ3) is 7.72. The molecule has 0 radical (unpaired) electrons. The van der Waals surface area contributed by atoms with E-state index >= 15 is 0 Å². The molecule has 170 valence electrons. The quantitative estimate of drug-likeness (QED) is 0.582. The van der Waals surface area contributed by atoms with Crippen LogP contribution in [-0.2, 0) is 10.2 Å². The van der Waals surface area contributed by atoms with Crippen molar-refractivity contribution in [2.45, 2.75) is 97.3 Å². The smallest absolute Gasteiger partial charge is 0.217 e. The Kier molecular flexibility index (Phi) is 9.40. The Morgan fingerprint density at radius 2 is 1.73 bits per heavy atom. The molecule has 2 fully saturated rings. The molecule has 2 aliphatic rings. The number of primary amides is 1. The van der Waals surface area contributed by atoms with Crippen LogP contribution < -0.4 is 11.5 Å². The van der Waals surface area contributed by atoms with Crippen LogP contribution in [-0.4, -0.2) is 12.5 Å². The van der Waals surface area contributed by atoms with E-state index in [-0.39, 0.29) is 11.3 Å². The molecule has 0 bridgehead atoms. The lowest BCUT2D eigenvalue weighted by Gasteiger charge is -2.49. The van der Waals surface area contributed by atoms with Crippen LogP contribution in [0, 0.1) is 23.2 Å². The summed E-state index contributed by atoms with van der Waals surface area (Å²) in [6.45, 7) is 10.2. The van der Waals surface area contributed by atoms with Crippen LogP contribution in [0.1, 0.15) is 97.5 Å². The monoisotopic (exact) mass is 414 g/mol. The average molecular weight is 415 g/mol. The van der Waals surface area contributed by atoms with Gasteiger partial charge in [0.1, 0.15) is 0 Å². The Labute approximate surface area is 185 Å². The van der Waals surface area contributed by atoms with E-state index in [9.17, 15) is 4.79 Å². The van der Waals surface area contributed by atoms with Gasteiger partial charge < -0.3 is 11.5 Å². The lowest BCUT2D eigenvalue weighted by molar-refractivity contribution is -0.119. The van der Waals surface area contributed by atoms with Crippen LogP contribution in [0.5, 0.6) is 0 Å². The fourth-order valence-electron chi connectivity index (χ4n) is 6.53. The molecule has 30 heavy (non-hydrogen) atoms. The fraction of sp³-hybridized carbons (Fsp3) is 0.741. The van der Waals surface area contributed by atoms with E-state index in [1.165, 1.54) is 56.9 Å². The van der Waals surface area contributed by atoms with Crippen molar-refractivity contribution in [3.8, 4) is 0 Å². The molecule has 3 heteroatoms. The van der Waals surface area contributed by atoms with Crippen LogP contribution in [0.3, 0.4) is 0 Å². The molecule has 3 unspecified atom stereocenters. The second-order valence-electron chi connectivity index (χ2n) is 11.2. The van der Waals surface area contributed by atoms with Gasteiger partial charge in [-0.15, -0.1) is 0 Å². The fourth-order valence-corrected chi connectivity index (χ4v) is 6.53. The van der Waals surface area contributed by atoms with Gasteiger partial charge in [-0.25, -0.2) is 0 Å². The van der Waals surface area contributed by atoms with Crippen molar-refractivity contribution in [1.82, 2.24) is 0 Å². The highest BCUT2D eigenvalue weighted by Gasteiger charge is 2.44. The number of amides is 1. The molecule has 1 amide bonds. The number of hydrogen-bond acceptors (Lipinski definition) is 2. The lowest BCUT2D eigenvalue weighted by Crippen LogP contribution is -2.41. The minimum absolute atomic E-state index is 0.178. The highest BCUT2D eigenvalue weighted by molar-refractivity contribution is 5.73. The maximum atomic E-state index is 11.3. The Hall–Kier alpha value is -1.35. The minimum atomic E-state index is -0.182. The van der Waals surface area contributed by atoms with E-state index in [1.54, 1.807) is 0 Å². The summed E-state index contributed by atoms with van der Waals surface area (Å²) in [6.07, 6.45) is 12.3. The van der Waals surface area contributed by atoms with Gasteiger partial charge in [0.15, 0.2) is 0 Å². The number of hydrogen-bond donors (Lipinski definition) is 2. The summed E-state index contributed by atoms with van der Waals surface area (Å²) in [5.74, 6) is 1.73. The normalized spacial score (nSPS) is 27.6. The summed E-state index contributed by atoms with van der Waals surface area (Å²) in [4.78, 5) is 11.3. The second-order valence-corrected chi connectivity index (χ2v) is 11.2. The number of carbonyl (C=O) groups is 1. The highest BCUT2D eigenvalue weighted by Crippen LogP contribution is 2.53. The van der Waals surface area contributed by atoms with E-state index in [2.05, 4.69) is 58.0 Å². The molecule has 1 aromatic carbocycles. The van der Waals surface area contributed by atoms with Crippen molar-refractivity contribution >= 4 is 5.91 Å². The summed E-state index contributed by atoms with van der Waals surface area (Å²) < 4.78 is 0. The van der Waals surface area contributed by atoms with Crippen molar-refractivity contribution in [2.24, 2.45) is 34.6 Å². The molecular formula is C27H46N2O. The van der Waals surface area contributed by atoms with E-state index < -0.39 is 0 Å². The van der Waals surface area contributed by atoms with Gasteiger partial charge in [-0.1, -0.05) is 77.3 Å². The lowest BCUT2D eigenvalue weighted by atomic mass is 9.55. The average Bonchev–Trinajstić information content (AvgIpc) is 2.67.